The van der Waals surface area contributed by atoms with Gasteiger partial charge in [-0.05, 0) is 19.9 Å². The van der Waals surface area contributed by atoms with E-state index >= 15 is 0 Å². The van der Waals surface area contributed by atoms with Crippen LogP contribution >= 0.6 is 15.9 Å². The highest BCUT2D eigenvalue weighted by atomic mass is 79.9. The van der Waals surface area contributed by atoms with E-state index in [2.05, 4.69) is 20.9 Å². The molecule has 0 aliphatic rings. The fourth-order valence-corrected chi connectivity index (χ4v) is 1.73. The number of hydrogen-bond acceptors (Lipinski definition) is 2. The van der Waals surface area contributed by atoms with E-state index in [9.17, 15) is 9.50 Å². The third-order valence-electron chi connectivity index (χ3n) is 1.47. The highest BCUT2D eigenvalue weighted by Crippen LogP contribution is 2.28. The molecule has 66 valence electrons. The van der Waals surface area contributed by atoms with Crippen LogP contribution in [0.25, 0.3) is 0 Å². The molecule has 0 aliphatic heterocycles. The zero-order valence-corrected chi connectivity index (χ0v) is 8.39. The summed E-state index contributed by atoms with van der Waals surface area (Å²) >= 11 is 3.14. The van der Waals surface area contributed by atoms with Crippen LogP contribution in [0.1, 0.15) is 19.4 Å². The Balaban J connectivity index is 3.31. The average molecular weight is 234 g/mol. The second-order valence-corrected chi connectivity index (χ2v) is 3.87. The molecule has 0 saturated carbocycles. The van der Waals surface area contributed by atoms with Gasteiger partial charge in [0.05, 0.1) is 11.2 Å². The molecular weight excluding hydrogens is 225 g/mol. The SMILES string of the molecule is CC(C)(O)c1c(Br)ccnc1F. The molecule has 1 rings (SSSR count). The summed E-state index contributed by atoms with van der Waals surface area (Å²) in [5.41, 5.74) is -1.03. The van der Waals surface area contributed by atoms with Gasteiger partial charge in [0.25, 0.3) is 0 Å². The van der Waals surface area contributed by atoms with E-state index in [0.717, 1.165) is 0 Å². The Morgan fingerprint density at radius 3 is 2.50 bits per heavy atom. The van der Waals surface area contributed by atoms with Gasteiger partial charge in [-0.25, -0.2) is 4.98 Å². The first-order valence-electron chi connectivity index (χ1n) is 3.46. The fraction of sp³-hybridized carbons (Fsp3) is 0.375. The normalized spacial score (nSPS) is 11.8. The van der Waals surface area contributed by atoms with Gasteiger partial charge in [-0.2, -0.15) is 4.39 Å². The first-order chi connectivity index (χ1) is 5.43. The summed E-state index contributed by atoms with van der Waals surface area (Å²) in [5, 5.41) is 9.54. The Morgan fingerprint density at radius 2 is 2.17 bits per heavy atom. The summed E-state index contributed by atoms with van der Waals surface area (Å²) in [7, 11) is 0. The highest BCUT2D eigenvalue weighted by Gasteiger charge is 2.24. The van der Waals surface area contributed by atoms with Crippen molar-refractivity contribution in [2.75, 3.05) is 0 Å². The lowest BCUT2D eigenvalue weighted by Gasteiger charge is -2.18. The summed E-state index contributed by atoms with van der Waals surface area (Å²) in [6.45, 7) is 3.02. The van der Waals surface area contributed by atoms with Crippen LogP contribution in [0.3, 0.4) is 0 Å². The number of aromatic nitrogens is 1. The fourth-order valence-electron chi connectivity index (χ4n) is 0.959. The lowest BCUT2D eigenvalue weighted by atomic mass is 10.0. The summed E-state index contributed by atoms with van der Waals surface area (Å²) in [6.07, 6.45) is 1.34. The molecule has 0 aliphatic carbocycles. The maximum absolute atomic E-state index is 13.0. The van der Waals surface area contributed by atoms with Crippen LogP contribution in [0.4, 0.5) is 4.39 Å². The maximum Gasteiger partial charge on any atom is 0.220 e. The predicted octanol–water partition coefficient (Wildman–Crippen LogP) is 2.21. The van der Waals surface area contributed by atoms with Crippen LogP contribution in [0.5, 0.6) is 0 Å². The monoisotopic (exact) mass is 233 g/mol. The second-order valence-electron chi connectivity index (χ2n) is 3.02. The van der Waals surface area contributed by atoms with Crippen molar-refractivity contribution < 1.29 is 9.50 Å². The molecule has 0 saturated heterocycles. The minimum absolute atomic E-state index is 0.185. The molecule has 0 spiro atoms. The zero-order chi connectivity index (χ0) is 9.35. The maximum atomic E-state index is 13.0. The summed E-state index contributed by atoms with van der Waals surface area (Å²) in [6, 6.07) is 1.59. The molecule has 2 nitrogen and oxygen atoms in total. The molecule has 0 fully saturated rings. The summed E-state index contributed by atoms with van der Waals surface area (Å²) in [4.78, 5) is 3.45. The van der Waals surface area contributed by atoms with Crippen LogP contribution in [-0.4, -0.2) is 10.1 Å². The van der Waals surface area contributed by atoms with Gasteiger partial charge in [0, 0.05) is 10.7 Å². The van der Waals surface area contributed by atoms with Gasteiger partial charge in [0.2, 0.25) is 5.95 Å². The molecule has 0 aromatic carbocycles. The Kier molecular flexibility index (Phi) is 2.49. The first kappa shape index (κ1) is 9.61. The minimum Gasteiger partial charge on any atom is -0.386 e. The van der Waals surface area contributed by atoms with E-state index in [-0.39, 0.29) is 5.56 Å². The van der Waals surface area contributed by atoms with E-state index in [0.29, 0.717) is 4.47 Å². The molecule has 4 heteroatoms. The lowest BCUT2D eigenvalue weighted by Crippen LogP contribution is -2.19. The number of rotatable bonds is 1. The molecular formula is C8H9BrFNO. The number of pyridine rings is 1. The van der Waals surface area contributed by atoms with E-state index in [1.807, 2.05) is 0 Å². The second kappa shape index (κ2) is 3.11. The van der Waals surface area contributed by atoms with E-state index in [1.54, 1.807) is 6.07 Å². The van der Waals surface area contributed by atoms with Crippen molar-refractivity contribution in [2.45, 2.75) is 19.4 Å². The van der Waals surface area contributed by atoms with Gasteiger partial charge >= 0.3 is 0 Å². The Morgan fingerprint density at radius 1 is 1.58 bits per heavy atom. The van der Waals surface area contributed by atoms with Gasteiger partial charge in [-0.15, -0.1) is 0 Å². The Bertz CT molecular complexity index is 275. The average Bonchev–Trinajstić information content (AvgIpc) is 1.82. The lowest BCUT2D eigenvalue weighted by molar-refractivity contribution is 0.0728. The molecule has 0 atom stereocenters. The van der Waals surface area contributed by atoms with Crippen molar-refractivity contribution in [1.29, 1.82) is 0 Å². The van der Waals surface area contributed by atoms with Gasteiger partial charge in [-0.1, -0.05) is 15.9 Å². The van der Waals surface area contributed by atoms with Crippen LogP contribution in [0.15, 0.2) is 16.7 Å². The van der Waals surface area contributed by atoms with Crippen molar-refractivity contribution in [2.24, 2.45) is 0 Å². The van der Waals surface area contributed by atoms with E-state index in [4.69, 9.17) is 0 Å². The van der Waals surface area contributed by atoms with E-state index < -0.39 is 11.5 Å². The van der Waals surface area contributed by atoms with Crippen molar-refractivity contribution in [3.8, 4) is 0 Å². The molecule has 1 aromatic rings. The molecule has 0 unspecified atom stereocenters. The Labute approximate surface area is 78.6 Å². The summed E-state index contributed by atoms with van der Waals surface area (Å²) < 4.78 is 13.6. The number of aliphatic hydroxyl groups is 1. The molecule has 0 bridgehead atoms. The Hall–Kier alpha value is -0.480. The van der Waals surface area contributed by atoms with Gasteiger partial charge < -0.3 is 5.11 Å². The number of halogens is 2. The molecule has 1 aromatic heterocycles. The third-order valence-corrected chi connectivity index (χ3v) is 2.13. The van der Waals surface area contributed by atoms with Gasteiger partial charge in [0.15, 0.2) is 0 Å². The first-order valence-corrected chi connectivity index (χ1v) is 4.25. The van der Waals surface area contributed by atoms with Crippen LogP contribution < -0.4 is 0 Å². The third kappa shape index (κ3) is 1.81. The molecule has 0 amide bonds. The molecule has 12 heavy (non-hydrogen) atoms. The largest absolute Gasteiger partial charge is 0.386 e. The van der Waals surface area contributed by atoms with E-state index in [1.165, 1.54) is 20.0 Å². The van der Waals surface area contributed by atoms with Crippen molar-refractivity contribution in [3.05, 3.63) is 28.2 Å². The standard InChI is InChI=1S/C8H9BrFNO/c1-8(2,12)6-5(9)3-4-11-7(6)10/h3-4,12H,1-2H3. The van der Waals surface area contributed by atoms with Crippen molar-refractivity contribution in [3.63, 3.8) is 0 Å². The smallest absolute Gasteiger partial charge is 0.220 e. The topological polar surface area (TPSA) is 33.1 Å². The molecule has 1 N–H and O–H groups in total. The van der Waals surface area contributed by atoms with Crippen molar-refractivity contribution in [1.82, 2.24) is 4.98 Å². The van der Waals surface area contributed by atoms with Gasteiger partial charge in [-0.3, -0.25) is 0 Å². The van der Waals surface area contributed by atoms with Crippen molar-refractivity contribution >= 4 is 15.9 Å². The minimum atomic E-state index is -1.21. The molecule has 0 radical (unpaired) electrons. The van der Waals surface area contributed by atoms with Gasteiger partial charge in [0.1, 0.15) is 0 Å². The number of nitrogens with zero attached hydrogens (tertiary/aromatic N) is 1. The summed E-state index contributed by atoms with van der Waals surface area (Å²) in [5.74, 6) is -0.642. The van der Waals surface area contributed by atoms with Crippen LogP contribution in [-0.2, 0) is 5.60 Å². The molecule has 1 heterocycles. The van der Waals surface area contributed by atoms with Crippen LogP contribution in [0.2, 0.25) is 0 Å². The highest BCUT2D eigenvalue weighted by molar-refractivity contribution is 9.10. The quantitative estimate of drug-likeness (QED) is 0.755. The van der Waals surface area contributed by atoms with Crippen LogP contribution in [0, 0.1) is 5.95 Å². The zero-order valence-electron chi connectivity index (χ0n) is 6.81. The number of hydrogen-bond donors (Lipinski definition) is 1. The predicted molar refractivity (Wildman–Crippen MR) is 47.1 cm³/mol.